The average Bonchev–Trinajstić information content (AvgIpc) is 3.14. The molecule has 0 saturated carbocycles. The highest BCUT2D eigenvalue weighted by Crippen LogP contribution is 2.32. The molecule has 0 unspecified atom stereocenters. The van der Waals surface area contributed by atoms with Gasteiger partial charge < -0.3 is 29.6 Å². The van der Waals surface area contributed by atoms with Crippen LogP contribution in [0.1, 0.15) is 11.7 Å². The first-order valence-corrected chi connectivity index (χ1v) is 7.32. The molecule has 8 heteroatoms. The molecule has 126 valence electrons. The van der Waals surface area contributed by atoms with E-state index in [1.54, 1.807) is 24.3 Å². The Morgan fingerprint density at radius 2 is 1.92 bits per heavy atom. The second-order valence-corrected chi connectivity index (χ2v) is 5.10. The summed E-state index contributed by atoms with van der Waals surface area (Å²) in [6.45, 7) is 0.795. The van der Waals surface area contributed by atoms with Crippen LogP contribution in [0.3, 0.4) is 0 Å². The van der Waals surface area contributed by atoms with Crippen molar-refractivity contribution in [1.82, 2.24) is 5.32 Å². The predicted octanol–water partition coefficient (Wildman–Crippen LogP) is 0.839. The quantitative estimate of drug-likeness (QED) is 0.716. The lowest BCUT2D eigenvalue weighted by atomic mass is 10.2. The number of carbonyl (C=O) groups is 2. The minimum atomic E-state index is -0.949. The smallest absolute Gasteiger partial charge is 0.313 e. The van der Waals surface area contributed by atoms with Gasteiger partial charge in [0.1, 0.15) is 13.2 Å². The monoisotopic (exact) mass is 332 g/mol. The summed E-state index contributed by atoms with van der Waals surface area (Å²) in [5.74, 6) is -0.597. The van der Waals surface area contributed by atoms with Crippen molar-refractivity contribution in [1.29, 1.82) is 0 Å². The number of benzene rings is 1. The van der Waals surface area contributed by atoms with E-state index in [-0.39, 0.29) is 6.54 Å². The van der Waals surface area contributed by atoms with Crippen LogP contribution < -0.4 is 20.1 Å². The largest absolute Gasteiger partial charge is 0.486 e. The topological polar surface area (TPSA) is 110 Å². The molecule has 2 aromatic rings. The third-order valence-electron chi connectivity index (χ3n) is 3.39. The zero-order valence-corrected chi connectivity index (χ0v) is 12.7. The molecule has 24 heavy (non-hydrogen) atoms. The second-order valence-electron chi connectivity index (χ2n) is 5.10. The Morgan fingerprint density at radius 3 is 2.67 bits per heavy atom. The van der Waals surface area contributed by atoms with Gasteiger partial charge in [-0.2, -0.15) is 0 Å². The lowest BCUT2D eigenvalue weighted by molar-refractivity contribution is -0.136. The van der Waals surface area contributed by atoms with E-state index in [4.69, 9.17) is 13.9 Å². The van der Waals surface area contributed by atoms with Gasteiger partial charge in [0.05, 0.1) is 18.6 Å². The summed E-state index contributed by atoms with van der Waals surface area (Å²) in [7, 11) is 0. The number of fused-ring (bicyclic) bond motifs is 1. The van der Waals surface area contributed by atoms with Gasteiger partial charge in [-0.15, -0.1) is 0 Å². The molecular formula is C16H16N2O6. The molecule has 0 radical (unpaired) electrons. The minimum Gasteiger partial charge on any atom is -0.486 e. The summed E-state index contributed by atoms with van der Waals surface area (Å²) in [6.07, 6.45) is 1.83. The highest BCUT2D eigenvalue weighted by Gasteiger charge is 2.18. The van der Waals surface area contributed by atoms with Gasteiger partial charge in [-0.05, 0) is 18.2 Å². The molecule has 8 nitrogen and oxygen atoms in total. The van der Waals surface area contributed by atoms with Crippen LogP contribution in [-0.2, 0) is 9.59 Å². The lowest BCUT2D eigenvalue weighted by Crippen LogP contribution is -2.37. The van der Waals surface area contributed by atoms with E-state index >= 15 is 0 Å². The summed E-state index contributed by atoms with van der Waals surface area (Å²) >= 11 is 0. The number of amides is 2. The molecule has 0 bridgehead atoms. The molecule has 1 atom stereocenters. The molecule has 0 fully saturated rings. The van der Waals surface area contributed by atoms with E-state index in [9.17, 15) is 14.7 Å². The van der Waals surface area contributed by atoms with Crippen LogP contribution in [0, 0.1) is 0 Å². The molecule has 1 aliphatic heterocycles. The van der Waals surface area contributed by atoms with Gasteiger partial charge in [0.25, 0.3) is 0 Å². The molecule has 0 spiro atoms. The third kappa shape index (κ3) is 3.66. The number of carbonyl (C=O) groups excluding carboxylic acids is 2. The Bertz CT molecular complexity index is 728. The molecule has 0 saturated heterocycles. The SMILES string of the molecule is O=C(NC[C@@H](O)c1ccoc1)C(=O)Nc1ccc2c(c1)OCCO2. The molecule has 3 N–H and O–H groups in total. The summed E-state index contributed by atoms with van der Waals surface area (Å²) in [5.41, 5.74) is 0.928. The van der Waals surface area contributed by atoms with Crippen LogP contribution in [-0.4, -0.2) is 36.7 Å². The van der Waals surface area contributed by atoms with E-state index in [1.807, 2.05) is 0 Å². The van der Waals surface area contributed by atoms with Crippen molar-refractivity contribution in [3.8, 4) is 11.5 Å². The number of ether oxygens (including phenoxy) is 2. The van der Waals surface area contributed by atoms with Crippen molar-refractivity contribution in [2.24, 2.45) is 0 Å². The summed E-state index contributed by atoms with van der Waals surface area (Å²) in [6, 6.07) is 6.43. The third-order valence-corrected chi connectivity index (χ3v) is 3.39. The van der Waals surface area contributed by atoms with Crippen molar-refractivity contribution in [3.05, 3.63) is 42.4 Å². The highest BCUT2D eigenvalue weighted by molar-refractivity contribution is 6.39. The van der Waals surface area contributed by atoms with E-state index in [1.165, 1.54) is 12.5 Å². The van der Waals surface area contributed by atoms with Gasteiger partial charge in [0.15, 0.2) is 11.5 Å². The standard InChI is InChI=1S/C16H16N2O6/c19-12(10-3-4-22-9-10)8-17-15(20)16(21)18-11-1-2-13-14(7-11)24-6-5-23-13/h1-4,7,9,12,19H,5-6,8H2,(H,17,20)(H,18,21)/t12-/m1/s1. The molecule has 1 aromatic carbocycles. The van der Waals surface area contributed by atoms with E-state index in [0.717, 1.165) is 0 Å². The van der Waals surface area contributed by atoms with Crippen molar-refractivity contribution < 1.29 is 28.6 Å². The fraction of sp³-hybridized carbons (Fsp3) is 0.250. The number of hydrogen-bond acceptors (Lipinski definition) is 6. The van der Waals surface area contributed by atoms with Gasteiger partial charge in [0, 0.05) is 23.9 Å². The number of aliphatic hydroxyl groups excluding tert-OH is 1. The Balaban J connectivity index is 1.53. The Labute approximate surface area is 137 Å². The van der Waals surface area contributed by atoms with E-state index in [2.05, 4.69) is 10.6 Å². The van der Waals surface area contributed by atoms with Crippen molar-refractivity contribution >= 4 is 17.5 Å². The second kappa shape index (κ2) is 7.05. The van der Waals surface area contributed by atoms with Crippen LogP contribution >= 0.6 is 0 Å². The molecule has 2 heterocycles. The maximum atomic E-state index is 11.9. The van der Waals surface area contributed by atoms with Gasteiger partial charge in [-0.3, -0.25) is 9.59 Å². The van der Waals surface area contributed by atoms with Crippen molar-refractivity contribution in [2.45, 2.75) is 6.10 Å². The number of nitrogens with one attached hydrogen (secondary N) is 2. The maximum absolute atomic E-state index is 11.9. The Kier molecular flexibility index (Phi) is 4.66. The van der Waals surface area contributed by atoms with E-state index in [0.29, 0.717) is 36.0 Å². The zero-order valence-electron chi connectivity index (χ0n) is 12.7. The summed E-state index contributed by atoms with van der Waals surface area (Å²) in [5, 5.41) is 14.6. The molecule has 3 rings (SSSR count). The maximum Gasteiger partial charge on any atom is 0.313 e. The van der Waals surface area contributed by atoms with Gasteiger partial charge in [-0.1, -0.05) is 0 Å². The van der Waals surface area contributed by atoms with Gasteiger partial charge >= 0.3 is 11.8 Å². The molecule has 0 aliphatic carbocycles. The van der Waals surface area contributed by atoms with Crippen molar-refractivity contribution in [2.75, 3.05) is 25.1 Å². The minimum absolute atomic E-state index is 0.104. The molecular weight excluding hydrogens is 316 g/mol. The molecule has 2 amide bonds. The number of hydrogen-bond donors (Lipinski definition) is 3. The Hall–Kier alpha value is -3.00. The normalized spacial score (nSPS) is 13.9. The summed E-state index contributed by atoms with van der Waals surface area (Å²) < 4.78 is 15.6. The number of aliphatic hydroxyl groups is 1. The lowest BCUT2D eigenvalue weighted by Gasteiger charge is -2.19. The fourth-order valence-corrected chi connectivity index (χ4v) is 2.16. The first-order chi connectivity index (χ1) is 11.6. The Morgan fingerprint density at radius 1 is 1.12 bits per heavy atom. The van der Waals surface area contributed by atoms with Gasteiger partial charge in [-0.25, -0.2) is 0 Å². The van der Waals surface area contributed by atoms with E-state index < -0.39 is 17.9 Å². The van der Waals surface area contributed by atoms with Crippen LogP contribution in [0.15, 0.2) is 41.2 Å². The van der Waals surface area contributed by atoms with Crippen LogP contribution in [0.2, 0.25) is 0 Å². The summed E-state index contributed by atoms with van der Waals surface area (Å²) in [4.78, 5) is 23.7. The van der Waals surface area contributed by atoms with Crippen molar-refractivity contribution in [3.63, 3.8) is 0 Å². The first kappa shape index (κ1) is 15.9. The number of rotatable bonds is 4. The van der Waals surface area contributed by atoms with Crippen LogP contribution in [0.5, 0.6) is 11.5 Å². The van der Waals surface area contributed by atoms with Crippen LogP contribution in [0.25, 0.3) is 0 Å². The predicted molar refractivity (Wildman–Crippen MR) is 82.7 cm³/mol. The average molecular weight is 332 g/mol. The number of anilines is 1. The zero-order chi connectivity index (χ0) is 16.9. The highest BCUT2D eigenvalue weighted by atomic mass is 16.6. The molecule has 1 aliphatic rings. The molecule has 1 aromatic heterocycles. The number of furan rings is 1. The first-order valence-electron chi connectivity index (χ1n) is 7.32. The van der Waals surface area contributed by atoms with Crippen LogP contribution in [0.4, 0.5) is 5.69 Å². The van der Waals surface area contributed by atoms with Gasteiger partial charge in [0.2, 0.25) is 0 Å². The fourth-order valence-electron chi connectivity index (χ4n) is 2.16.